The molecule has 1 N–H and O–H groups in total. The van der Waals surface area contributed by atoms with Crippen LogP contribution in [0.25, 0.3) is 4.96 Å². The summed E-state index contributed by atoms with van der Waals surface area (Å²) in [4.78, 5) is 0.975. The van der Waals surface area contributed by atoms with Gasteiger partial charge in [-0.1, -0.05) is 24.2 Å². The van der Waals surface area contributed by atoms with E-state index in [0.29, 0.717) is 11.8 Å². The van der Waals surface area contributed by atoms with Crippen molar-refractivity contribution in [2.24, 2.45) is 0 Å². The third-order valence-electron chi connectivity index (χ3n) is 4.40. The van der Waals surface area contributed by atoms with Crippen LogP contribution in [0.4, 0.5) is 0 Å². The molecule has 0 bridgehead atoms. The molecule has 1 atom stereocenters. The van der Waals surface area contributed by atoms with Gasteiger partial charge in [0, 0.05) is 18.4 Å². The number of rotatable bonds is 2. The van der Waals surface area contributed by atoms with E-state index in [9.17, 15) is 0 Å². The van der Waals surface area contributed by atoms with Crippen molar-refractivity contribution >= 4 is 16.3 Å². The Kier molecular flexibility index (Phi) is 3.00. The van der Waals surface area contributed by atoms with E-state index < -0.39 is 0 Å². The van der Waals surface area contributed by atoms with Gasteiger partial charge >= 0.3 is 0 Å². The summed E-state index contributed by atoms with van der Waals surface area (Å²) in [5.41, 5.74) is 0. The van der Waals surface area contributed by atoms with Gasteiger partial charge in [0.05, 0.1) is 0 Å². The molecule has 2 aliphatic rings. The molecule has 6 heteroatoms. The molecule has 0 aromatic carbocycles. The normalized spacial score (nSPS) is 25.4. The van der Waals surface area contributed by atoms with Crippen LogP contribution >= 0.6 is 11.3 Å². The second-order valence-electron chi connectivity index (χ2n) is 5.72. The van der Waals surface area contributed by atoms with Crippen molar-refractivity contribution in [3.8, 4) is 0 Å². The summed E-state index contributed by atoms with van der Waals surface area (Å²) in [7, 11) is 0. The molecule has 0 amide bonds. The van der Waals surface area contributed by atoms with E-state index in [2.05, 4.69) is 15.5 Å². The highest BCUT2D eigenvalue weighted by Crippen LogP contribution is 2.34. The first-order valence-corrected chi connectivity index (χ1v) is 8.16. The molecule has 1 aliphatic heterocycles. The fourth-order valence-electron chi connectivity index (χ4n) is 3.31. The Morgan fingerprint density at radius 1 is 1.05 bits per heavy atom. The molecular weight excluding hydrogens is 258 g/mol. The summed E-state index contributed by atoms with van der Waals surface area (Å²) in [5.74, 6) is 2.24. The SMILES string of the molecule is C1CNCC(c2nn3c(C4CCCC4)nnc3s2)C1. The number of piperidine rings is 1. The Bertz CT molecular complexity index is 563. The molecule has 1 unspecified atom stereocenters. The molecule has 1 saturated carbocycles. The van der Waals surface area contributed by atoms with E-state index in [-0.39, 0.29) is 0 Å². The zero-order valence-corrected chi connectivity index (χ0v) is 11.8. The van der Waals surface area contributed by atoms with Crippen LogP contribution in [0.2, 0.25) is 0 Å². The predicted molar refractivity (Wildman–Crippen MR) is 74.7 cm³/mol. The molecule has 4 rings (SSSR count). The highest BCUT2D eigenvalue weighted by molar-refractivity contribution is 7.16. The predicted octanol–water partition coefficient (Wildman–Crippen LogP) is 2.31. The summed E-state index contributed by atoms with van der Waals surface area (Å²) < 4.78 is 2.02. The Morgan fingerprint density at radius 2 is 1.89 bits per heavy atom. The van der Waals surface area contributed by atoms with E-state index in [1.54, 1.807) is 11.3 Å². The fourth-order valence-corrected chi connectivity index (χ4v) is 4.29. The molecular formula is C13H19N5S. The lowest BCUT2D eigenvalue weighted by Crippen LogP contribution is -2.28. The monoisotopic (exact) mass is 277 g/mol. The molecule has 2 aromatic rings. The lowest BCUT2D eigenvalue weighted by Gasteiger charge is -2.19. The van der Waals surface area contributed by atoms with Crippen LogP contribution in [-0.4, -0.2) is 32.9 Å². The Morgan fingerprint density at radius 3 is 2.68 bits per heavy atom. The quantitative estimate of drug-likeness (QED) is 0.915. The largest absolute Gasteiger partial charge is 0.316 e. The maximum atomic E-state index is 4.81. The van der Waals surface area contributed by atoms with E-state index >= 15 is 0 Å². The molecule has 2 aromatic heterocycles. The van der Waals surface area contributed by atoms with Gasteiger partial charge in [-0.2, -0.15) is 9.61 Å². The average Bonchev–Trinajstić information content (AvgIpc) is 3.15. The molecule has 102 valence electrons. The zero-order valence-electron chi connectivity index (χ0n) is 11.0. The van der Waals surface area contributed by atoms with Gasteiger partial charge in [-0.25, -0.2) is 0 Å². The lowest BCUT2D eigenvalue weighted by atomic mass is 10.0. The van der Waals surface area contributed by atoms with Crippen LogP contribution in [0.1, 0.15) is 61.2 Å². The lowest BCUT2D eigenvalue weighted by molar-refractivity contribution is 0.456. The van der Waals surface area contributed by atoms with Crippen molar-refractivity contribution in [2.45, 2.75) is 50.4 Å². The van der Waals surface area contributed by atoms with Crippen LogP contribution in [0.15, 0.2) is 0 Å². The van der Waals surface area contributed by atoms with E-state index in [4.69, 9.17) is 5.10 Å². The molecule has 1 saturated heterocycles. The maximum absolute atomic E-state index is 4.81. The Labute approximate surface area is 116 Å². The maximum Gasteiger partial charge on any atom is 0.234 e. The van der Waals surface area contributed by atoms with Crippen molar-refractivity contribution in [1.82, 2.24) is 25.1 Å². The highest BCUT2D eigenvalue weighted by Gasteiger charge is 2.26. The van der Waals surface area contributed by atoms with Crippen LogP contribution in [-0.2, 0) is 0 Å². The fraction of sp³-hybridized carbons (Fsp3) is 0.769. The summed E-state index contributed by atoms with van der Waals surface area (Å²) in [5, 5.41) is 18.2. The smallest absolute Gasteiger partial charge is 0.234 e. The van der Waals surface area contributed by atoms with Gasteiger partial charge in [-0.3, -0.25) is 0 Å². The summed E-state index contributed by atoms with van der Waals surface area (Å²) in [6.07, 6.45) is 7.64. The van der Waals surface area contributed by atoms with Gasteiger partial charge < -0.3 is 5.32 Å². The zero-order chi connectivity index (χ0) is 12.7. The van der Waals surface area contributed by atoms with Crippen LogP contribution < -0.4 is 5.32 Å². The molecule has 3 heterocycles. The Balaban J connectivity index is 1.67. The van der Waals surface area contributed by atoms with Gasteiger partial charge in [0.15, 0.2) is 5.82 Å². The molecule has 2 fully saturated rings. The molecule has 1 aliphatic carbocycles. The number of hydrogen-bond acceptors (Lipinski definition) is 5. The highest BCUT2D eigenvalue weighted by atomic mass is 32.1. The van der Waals surface area contributed by atoms with E-state index in [1.807, 2.05) is 4.52 Å². The number of nitrogens with zero attached hydrogens (tertiary/aromatic N) is 4. The topological polar surface area (TPSA) is 55.1 Å². The minimum Gasteiger partial charge on any atom is -0.316 e. The third kappa shape index (κ3) is 2.07. The van der Waals surface area contributed by atoms with Gasteiger partial charge in [-0.15, -0.1) is 10.2 Å². The van der Waals surface area contributed by atoms with Crippen molar-refractivity contribution in [1.29, 1.82) is 0 Å². The van der Waals surface area contributed by atoms with Gasteiger partial charge in [-0.05, 0) is 32.2 Å². The summed E-state index contributed by atoms with van der Waals surface area (Å²) in [6, 6.07) is 0. The second-order valence-corrected chi connectivity index (χ2v) is 6.71. The van der Waals surface area contributed by atoms with Gasteiger partial charge in [0.1, 0.15) is 5.01 Å². The summed E-state index contributed by atoms with van der Waals surface area (Å²) in [6.45, 7) is 2.21. The average molecular weight is 277 g/mol. The van der Waals surface area contributed by atoms with Crippen LogP contribution in [0, 0.1) is 0 Å². The van der Waals surface area contributed by atoms with Crippen molar-refractivity contribution in [2.75, 3.05) is 13.1 Å². The third-order valence-corrected chi connectivity index (χ3v) is 5.46. The van der Waals surface area contributed by atoms with Crippen molar-refractivity contribution < 1.29 is 0 Å². The first-order valence-electron chi connectivity index (χ1n) is 7.34. The summed E-state index contributed by atoms with van der Waals surface area (Å²) >= 11 is 1.72. The van der Waals surface area contributed by atoms with E-state index in [1.165, 1.54) is 43.5 Å². The Hall–Kier alpha value is -1.01. The number of hydrogen-bond donors (Lipinski definition) is 1. The molecule has 0 spiro atoms. The molecule has 5 nitrogen and oxygen atoms in total. The van der Waals surface area contributed by atoms with Crippen molar-refractivity contribution in [3.63, 3.8) is 0 Å². The standard InChI is InChI=1S/C13H19N5S/c1-2-5-9(4-1)11-15-16-13-18(11)17-12(19-13)10-6-3-7-14-8-10/h9-10,14H,1-8H2. The number of aromatic nitrogens is 4. The van der Waals surface area contributed by atoms with Gasteiger partial charge in [0.25, 0.3) is 0 Å². The van der Waals surface area contributed by atoms with E-state index in [0.717, 1.165) is 23.9 Å². The first kappa shape index (κ1) is 11.8. The van der Waals surface area contributed by atoms with Crippen molar-refractivity contribution in [3.05, 3.63) is 10.8 Å². The first-order chi connectivity index (χ1) is 9.42. The molecule has 19 heavy (non-hydrogen) atoms. The number of nitrogens with one attached hydrogen (secondary N) is 1. The van der Waals surface area contributed by atoms with Crippen LogP contribution in [0.5, 0.6) is 0 Å². The van der Waals surface area contributed by atoms with Gasteiger partial charge in [0.2, 0.25) is 4.96 Å². The number of fused-ring (bicyclic) bond motifs is 1. The minimum atomic E-state index is 0.567. The molecule has 0 radical (unpaired) electrons. The van der Waals surface area contributed by atoms with Crippen LogP contribution in [0.3, 0.4) is 0 Å². The minimum absolute atomic E-state index is 0.567. The second kappa shape index (κ2) is 4.83.